The molecule has 0 aliphatic carbocycles. The largest absolute Gasteiger partial charge is 0.467 e. The predicted molar refractivity (Wildman–Crippen MR) is 47.0 cm³/mol. The second-order valence-electron chi connectivity index (χ2n) is 2.68. The SMILES string of the molecule is COC(C)C(=O)NCc1ccco1. The smallest absolute Gasteiger partial charge is 0.249 e. The van der Waals surface area contributed by atoms with Crippen LogP contribution < -0.4 is 5.32 Å². The number of nitrogens with one attached hydrogen (secondary N) is 1. The lowest BCUT2D eigenvalue weighted by Crippen LogP contribution is -2.33. The molecule has 0 spiro atoms. The van der Waals surface area contributed by atoms with E-state index in [2.05, 4.69) is 5.32 Å². The van der Waals surface area contributed by atoms with E-state index in [9.17, 15) is 4.79 Å². The molecule has 1 heterocycles. The Kier molecular flexibility index (Phi) is 3.52. The van der Waals surface area contributed by atoms with Gasteiger partial charge in [-0.1, -0.05) is 0 Å². The molecule has 1 aromatic heterocycles. The highest BCUT2D eigenvalue weighted by atomic mass is 16.5. The van der Waals surface area contributed by atoms with Crippen LogP contribution in [-0.4, -0.2) is 19.1 Å². The molecule has 1 amide bonds. The van der Waals surface area contributed by atoms with Gasteiger partial charge in [-0.2, -0.15) is 0 Å². The van der Waals surface area contributed by atoms with Crippen LogP contribution in [0.1, 0.15) is 12.7 Å². The third-order valence-corrected chi connectivity index (χ3v) is 1.74. The van der Waals surface area contributed by atoms with Gasteiger partial charge in [0.2, 0.25) is 5.91 Å². The second-order valence-corrected chi connectivity index (χ2v) is 2.68. The van der Waals surface area contributed by atoms with Crippen LogP contribution in [0.4, 0.5) is 0 Å². The van der Waals surface area contributed by atoms with Gasteiger partial charge in [-0.15, -0.1) is 0 Å². The van der Waals surface area contributed by atoms with Gasteiger partial charge in [-0.05, 0) is 19.1 Å². The van der Waals surface area contributed by atoms with Crippen molar-refractivity contribution in [3.8, 4) is 0 Å². The van der Waals surface area contributed by atoms with Crippen LogP contribution in [-0.2, 0) is 16.1 Å². The first kappa shape index (κ1) is 9.80. The summed E-state index contributed by atoms with van der Waals surface area (Å²) in [5, 5.41) is 2.68. The van der Waals surface area contributed by atoms with E-state index < -0.39 is 6.10 Å². The summed E-state index contributed by atoms with van der Waals surface area (Å²) in [7, 11) is 1.50. The molecule has 1 aromatic rings. The molecular weight excluding hydrogens is 170 g/mol. The van der Waals surface area contributed by atoms with E-state index in [-0.39, 0.29) is 5.91 Å². The molecule has 0 fully saturated rings. The first-order chi connectivity index (χ1) is 6.24. The number of hydrogen-bond donors (Lipinski definition) is 1. The fraction of sp³-hybridized carbons (Fsp3) is 0.444. The first-order valence-electron chi connectivity index (χ1n) is 4.07. The number of methoxy groups -OCH3 is 1. The van der Waals surface area contributed by atoms with E-state index in [1.807, 2.05) is 0 Å². The van der Waals surface area contributed by atoms with Gasteiger partial charge in [0, 0.05) is 7.11 Å². The number of amides is 1. The van der Waals surface area contributed by atoms with Gasteiger partial charge in [0.1, 0.15) is 11.9 Å². The molecule has 1 atom stereocenters. The molecule has 0 saturated carbocycles. The van der Waals surface area contributed by atoms with Crippen molar-refractivity contribution in [2.24, 2.45) is 0 Å². The van der Waals surface area contributed by atoms with Gasteiger partial charge >= 0.3 is 0 Å². The molecule has 4 heteroatoms. The highest BCUT2D eigenvalue weighted by Crippen LogP contribution is 1.99. The normalized spacial score (nSPS) is 12.5. The Balaban J connectivity index is 2.31. The Bertz CT molecular complexity index is 256. The average Bonchev–Trinajstić information content (AvgIpc) is 2.65. The van der Waals surface area contributed by atoms with Crippen LogP contribution in [0, 0.1) is 0 Å². The zero-order valence-corrected chi connectivity index (χ0v) is 7.74. The van der Waals surface area contributed by atoms with Crippen molar-refractivity contribution in [2.45, 2.75) is 19.6 Å². The predicted octanol–water partition coefficient (Wildman–Crippen LogP) is 0.931. The maximum atomic E-state index is 11.2. The Labute approximate surface area is 76.9 Å². The minimum Gasteiger partial charge on any atom is -0.467 e. The van der Waals surface area contributed by atoms with Crippen LogP contribution in [0.2, 0.25) is 0 Å². The zero-order chi connectivity index (χ0) is 9.68. The summed E-state index contributed by atoms with van der Waals surface area (Å²) in [5.41, 5.74) is 0. The first-order valence-corrected chi connectivity index (χ1v) is 4.07. The van der Waals surface area contributed by atoms with Crippen LogP contribution in [0.5, 0.6) is 0 Å². The molecule has 0 aromatic carbocycles. The monoisotopic (exact) mass is 183 g/mol. The minimum atomic E-state index is -0.421. The molecule has 1 unspecified atom stereocenters. The highest BCUT2D eigenvalue weighted by Gasteiger charge is 2.10. The summed E-state index contributed by atoms with van der Waals surface area (Å²) in [6.07, 6.45) is 1.15. The molecule has 4 nitrogen and oxygen atoms in total. The van der Waals surface area contributed by atoms with E-state index in [1.54, 1.807) is 25.3 Å². The van der Waals surface area contributed by atoms with Gasteiger partial charge in [0.15, 0.2) is 0 Å². The second kappa shape index (κ2) is 4.67. The number of hydrogen-bond acceptors (Lipinski definition) is 3. The van der Waals surface area contributed by atoms with Gasteiger partial charge < -0.3 is 14.5 Å². The lowest BCUT2D eigenvalue weighted by Gasteiger charge is -2.08. The minimum absolute atomic E-state index is 0.140. The maximum Gasteiger partial charge on any atom is 0.249 e. The molecular formula is C9H13NO3. The fourth-order valence-electron chi connectivity index (χ4n) is 0.838. The molecule has 0 aliphatic rings. The summed E-state index contributed by atoms with van der Waals surface area (Å²) in [4.78, 5) is 11.2. The molecule has 0 radical (unpaired) electrons. The van der Waals surface area contributed by atoms with Crippen LogP contribution in [0.3, 0.4) is 0 Å². The lowest BCUT2D eigenvalue weighted by atomic mass is 10.3. The summed E-state index contributed by atoms with van der Waals surface area (Å²) in [6, 6.07) is 3.58. The van der Waals surface area contributed by atoms with E-state index in [4.69, 9.17) is 9.15 Å². The van der Waals surface area contributed by atoms with Crippen molar-refractivity contribution < 1.29 is 13.9 Å². The summed E-state index contributed by atoms with van der Waals surface area (Å²) < 4.78 is 9.88. The van der Waals surface area contributed by atoms with Crippen molar-refractivity contribution in [3.63, 3.8) is 0 Å². The average molecular weight is 183 g/mol. The third-order valence-electron chi connectivity index (χ3n) is 1.74. The Morgan fingerprint density at radius 2 is 2.54 bits per heavy atom. The molecule has 1 N–H and O–H groups in total. The van der Waals surface area contributed by atoms with Gasteiger partial charge in [-0.25, -0.2) is 0 Å². The topological polar surface area (TPSA) is 51.5 Å². The molecule has 72 valence electrons. The molecule has 0 saturated heterocycles. The molecule has 1 rings (SSSR count). The number of carbonyl (C=O) groups is 1. The number of ether oxygens (including phenoxy) is 1. The maximum absolute atomic E-state index is 11.2. The highest BCUT2D eigenvalue weighted by molar-refractivity contribution is 5.80. The summed E-state index contributed by atoms with van der Waals surface area (Å²) in [6.45, 7) is 2.09. The van der Waals surface area contributed by atoms with Crippen molar-refractivity contribution >= 4 is 5.91 Å². The fourth-order valence-corrected chi connectivity index (χ4v) is 0.838. The van der Waals surface area contributed by atoms with Crippen LogP contribution >= 0.6 is 0 Å². The van der Waals surface area contributed by atoms with Crippen molar-refractivity contribution in [3.05, 3.63) is 24.2 Å². The quantitative estimate of drug-likeness (QED) is 0.755. The Morgan fingerprint density at radius 3 is 3.08 bits per heavy atom. The number of furan rings is 1. The van der Waals surface area contributed by atoms with E-state index in [0.29, 0.717) is 6.54 Å². The third kappa shape index (κ3) is 2.91. The molecule has 0 bridgehead atoms. The van der Waals surface area contributed by atoms with Crippen LogP contribution in [0.15, 0.2) is 22.8 Å². The molecule has 13 heavy (non-hydrogen) atoms. The lowest BCUT2D eigenvalue weighted by molar-refractivity contribution is -0.130. The summed E-state index contributed by atoms with van der Waals surface area (Å²) >= 11 is 0. The summed E-state index contributed by atoms with van der Waals surface area (Å²) in [5.74, 6) is 0.593. The number of rotatable bonds is 4. The Morgan fingerprint density at radius 1 is 1.77 bits per heavy atom. The van der Waals surface area contributed by atoms with E-state index >= 15 is 0 Å². The zero-order valence-electron chi connectivity index (χ0n) is 7.74. The van der Waals surface area contributed by atoms with E-state index in [1.165, 1.54) is 7.11 Å². The van der Waals surface area contributed by atoms with Crippen molar-refractivity contribution in [1.82, 2.24) is 5.32 Å². The standard InChI is InChI=1S/C9H13NO3/c1-7(12-2)9(11)10-6-8-4-3-5-13-8/h3-5,7H,6H2,1-2H3,(H,10,11). The van der Waals surface area contributed by atoms with Crippen molar-refractivity contribution in [2.75, 3.05) is 7.11 Å². The Hall–Kier alpha value is -1.29. The van der Waals surface area contributed by atoms with E-state index in [0.717, 1.165) is 5.76 Å². The van der Waals surface area contributed by atoms with Crippen LogP contribution in [0.25, 0.3) is 0 Å². The number of carbonyl (C=O) groups excluding carboxylic acids is 1. The van der Waals surface area contributed by atoms with Gasteiger partial charge in [0.05, 0.1) is 12.8 Å². The van der Waals surface area contributed by atoms with Gasteiger partial charge in [-0.3, -0.25) is 4.79 Å². The molecule has 0 aliphatic heterocycles. The van der Waals surface area contributed by atoms with Gasteiger partial charge in [0.25, 0.3) is 0 Å². The van der Waals surface area contributed by atoms with Crippen molar-refractivity contribution in [1.29, 1.82) is 0 Å².